The first kappa shape index (κ1) is 23.4. The second-order valence-electron chi connectivity index (χ2n) is 9.75. The van der Waals surface area contributed by atoms with Gasteiger partial charge in [0.1, 0.15) is 12.6 Å². The lowest BCUT2D eigenvalue weighted by Gasteiger charge is -2.40. The zero-order valence-corrected chi connectivity index (χ0v) is 19.9. The zero-order valence-electron chi connectivity index (χ0n) is 19.9. The lowest BCUT2D eigenvalue weighted by atomic mass is 9.98. The van der Waals surface area contributed by atoms with E-state index in [9.17, 15) is 19.5 Å². The molecule has 0 aromatic heterocycles. The molecule has 0 saturated carbocycles. The number of benzene rings is 2. The van der Waals surface area contributed by atoms with Crippen molar-refractivity contribution < 1.29 is 24.2 Å². The van der Waals surface area contributed by atoms with Crippen LogP contribution in [0.25, 0.3) is 11.1 Å². The number of ether oxygens (including phenoxy) is 1. The molecule has 0 spiro atoms. The van der Waals surface area contributed by atoms with Crippen molar-refractivity contribution in [1.82, 2.24) is 15.1 Å². The summed E-state index contributed by atoms with van der Waals surface area (Å²) in [7, 11) is 2.08. The number of amides is 2. The number of piperazine rings is 1. The smallest absolute Gasteiger partial charge is 0.407 e. The third kappa shape index (κ3) is 4.62. The highest BCUT2D eigenvalue weighted by Gasteiger charge is 2.41. The Morgan fingerprint density at radius 2 is 1.57 bits per heavy atom. The fourth-order valence-corrected chi connectivity index (χ4v) is 5.82. The Morgan fingerprint density at radius 1 is 1.00 bits per heavy atom. The Morgan fingerprint density at radius 3 is 2.14 bits per heavy atom. The van der Waals surface area contributed by atoms with Crippen LogP contribution in [0.3, 0.4) is 0 Å². The number of aliphatic carboxylic acids is 1. The second-order valence-corrected chi connectivity index (χ2v) is 9.75. The number of nitrogens with one attached hydrogen (secondary N) is 1. The minimum absolute atomic E-state index is 0.0278. The Hall–Kier alpha value is -3.39. The number of likely N-dealkylation sites (tertiary alicyclic amines) is 1. The van der Waals surface area contributed by atoms with Crippen molar-refractivity contribution in [2.75, 3.05) is 26.7 Å². The van der Waals surface area contributed by atoms with E-state index in [1.807, 2.05) is 36.4 Å². The monoisotopic (exact) mass is 477 g/mol. The first-order chi connectivity index (χ1) is 16.9. The molecule has 5 rings (SSSR count). The number of carbonyl (C=O) groups is 3. The van der Waals surface area contributed by atoms with Gasteiger partial charge in [-0.15, -0.1) is 0 Å². The summed E-state index contributed by atoms with van der Waals surface area (Å²) in [5.74, 6) is -1.32. The quantitative estimate of drug-likeness (QED) is 0.636. The average molecular weight is 478 g/mol. The van der Waals surface area contributed by atoms with Crippen LogP contribution in [0.5, 0.6) is 0 Å². The minimum Gasteiger partial charge on any atom is -0.481 e. The third-order valence-corrected chi connectivity index (χ3v) is 7.74. The molecule has 2 heterocycles. The Bertz CT molecular complexity index is 1080. The number of carboxylic acid groups (broad SMARTS) is 1. The minimum atomic E-state index is -1.00. The highest BCUT2D eigenvalue weighted by atomic mass is 16.5. The average Bonchev–Trinajstić information content (AvgIpc) is 3.25. The molecule has 3 aliphatic rings. The normalized spacial score (nSPS) is 21.8. The molecule has 0 radical (unpaired) electrons. The summed E-state index contributed by atoms with van der Waals surface area (Å²) in [6.45, 7) is 1.34. The molecule has 2 aliphatic heterocycles. The molecule has 8 nitrogen and oxygen atoms in total. The number of nitrogens with zero attached hydrogens (tertiary/aromatic N) is 2. The molecule has 2 bridgehead atoms. The molecule has 2 saturated heterocycles. The topological polar surface area (TPSA) is 99.2 Å². The van der Waals surface area contributed by atoms with Gasteiger partial charge in [-0.1, -0.05) is 48.5 Å². The van der Waals surface area contributed by atoms with E-state index < -0.39 is 18.1 Å². The van der Waals surface area contributed by atoms with Crippen molar-refractivity contribution >= 4 is 18.0 Å². The van der Waals surface area contributed by atoms with E-state index in [0.717, 1.165) is 35.1 Å². The lowest BCUT2D eigenvalue weighted by molar-refractivity contribution is -0.139. The van der Waals surface area contributed by atoms with Gasteiger partial charge >= 0.3 is 12.1 Å². The van der Waals surface area contributed by atoms with Crippen LogP contribution in [0.2, 0.25) is 0 Å². The Labute approximate surface area is 204 Å². The first-order valence-electron chi connectivity index (χ1n) is 12.3. The molecular weight excluding hydrogens is 446 g/mol. The van der Waals surface area contributed by atoms with Crippen molar-refractivity contribution in [1.29, 1.82) is 0 Å². The fraction of sp³-hybridized carbons (Fsp3) is 0.444. The molecule has 2 aromatic rings. The third-order valence-electron chi connectivity index (χ3n) is 7.74. The molecule has 184 valence electrons. The summed E-state index contributed by atoms with van der Waals surface area (Å²) >= 11 is 0. The molecule has 8 heteroatoms. The number of likely N-dealkylation sites (N-methyl/N-ethyl adjacent to an activating group) is 1. The van der Waals surface area contributed by atoms with E-state index in [0.29, 0.717) is 25.2 Å². The number of carbonyl (C=O) groups excluding carboxylic acids is 2. The lowest BCUT2D eigenvalue weighted by Crippen LogP contribution is -2.58. The van der Waals surface area contributed by atoms with E-state index in [1.165, 1.54) is 0 Å². The fourth-order valence-electron chi connectivity index (χ4n) is 5.82. The van der Waals surface area contributed by atoms with Crippen molar-refractivity contribution in [2.45, 2.75) is 49.7 Å². The van der Waals surface area contributed by atoms with Gasteiger partial charge in [-0.05, 0) is 48.6 Å². The standard InChI is InChI=1S/C27H31N3O5/c1-29-17-10-11-18(29)15-30(14-17)26(33)24(12-13-25(31)32)28-27(34)35-16-23-21-8-4-2-6-19(21)20-7-3-5-9-22(20)23/h2-9,17-18,23-24H,10-16H2,1H3,(H,28,34)(H,31,32)/t17-,18+,24?. The Balaban J connectivity index is 1.25. The van der Waals surface area contributed by atoms with E-state index in [-0.39, 0.29) is 31.3 Å². The largest absolute Gasteiger partial charge is 0.481 e. The van der Waals surface area contributed by atoms with Gasteiger partial charge in [0.15, 0.2) is 0 Å². The number of fused-ring (bicyclic) bond motifs is 5. The van der Waals surface area contributed by atoms with Gasteiger partial charge in [0, 0.05) is 37.5 Å². The molecule has 3 atom stereocenters. The molecule has 1 unspecified atom stereocenters. The van der Waals surface area contributed by atoms with Gasteiger partial charge in [-0.25, -0.2) is 4.79 Å². The van der Waals surface area contributed by atoms with Gasteiger partial charge < -0.3 is 20.1 Å². The van der Waals surface area contributed by atoms with Gasteiger partial charge in [0.2, 0.25) is 5.91 Å². The molecular formula is C27H31N3O5. The van der Waals surface area contributed by atoms with Gasteiger partial charge in [0.25, 0.3) is 0 Å². The van der Waals surface area contributed by atoms with E-state index in [2.05, 4.69) is 29.4 Å². The van der Waals surface area contributed by atoms with Gasteiger partial charge in [-0.2, -0.15) is 0 Å². The van der Waals surface area contributed by atoms with Gasteiger partial charge in [0.05, 0.1) is 0 Å². The summed E-state index contributed by atoms with van der Waals surface area (Å²) in [4.78, 5) is 41.4. The van der Waals surface area contributed by atoms with Gasteiger partial charge in [-0.3, -0.25) is 14.5 Å². The predicted octanol–water partition coefficient (Wildman–Crippen LogP) is 3.06. The number of hydrogen-bond donors (Lipinski definition) is 2. The van der Waals surface area contributed by atoms with Crippen molar-refractivity contribution in [3.8, 4) is 11.1 Å². The summed E-state index contributed by atoms with van der Waals surface area (Å²) in [6.07, 6.45) is 1.21. The predicted molar refractivity (Wildman–Crippen MR) is 130 cm³/mol. The van der Waals surface area contributed by atoms with Crippen molar-refractivity contribution in [3.05, 3.63) is 59.7 Å². The Kier molecular flexibility index (Phi) is 6.47. The zero-order chi connectivity index (χ0) is 24.5. The number of hydrogen-bond acceptors (Lipinski definition) is 5. The number of rotatable bonds is 7. The van der Waals surface area contributed by atoms with E-state index >= 15 is 0 Å². The number of carboxylic acids is 1. The van der Waals surface area contributed by atoms with Crippen LogP contribution in [-0.4, -0.2) is 77.7 Å². The highest BCUT2D eigenvalue weighted by molar-refractivity contribution is 5.86. The van der Waals surface area contributed by atoms with Crippen LogP contribution < -0.4 is 5.32 Å². The van der Waals surface area contributed by atoms with Crippen LogP contribution in [0.1, 0.15) is 42.7 Å². The van der Waals surface area contributed by atoms with E-state index in [4.69, 9.17) is 4.74 Å². The maximum Gasteiger partial charge on any atom is 0.407 e. The molecule has 1 aliphatic carbocycles. The van der Waals surface area contributed by atoms with Crippen LogP contribution in [-0.2, 0) is 14.3 Å². The highest BCUT2D eigenvalue weighted by Crippen LogP contribution is 2.44. The molecule has 2 amide bonds. The summed E-state index contributed by atoms with van der Waals surface area (Å²) in [5.41, 5.74) is 4.48. The second kappa shape index (κ2) is 9.70. The van der Waals surface area contributed by atoms with Crippen LogP contribution in [0.4, 0.5) is 4.79 Å². The summed E-state index contributed by atoms with van der Waals surface area (Å²) in [5, 5.41) is 11.8. The molecule has 2 fully saturated rings. The van der Waals surface area contributed by atoms with Crippen LogP contribution in [0, 0.1) is 0 Å². The van der Waals surface area contributed by atoms with Crippen molar-refractivity contribution in [2.24, 2.45) is 0 Å². The molecule has 2 N–H and O–H groups in total. The molecule has 2 aromatic carbocycles. The maximum absolute atomic E-state index is 13.3. The molecule has 35 heavy (non-hydrogen) atoms. The maximum atomic E-state index is 13.3. The first-order valence-corrected chi connectivity index (χ1v) is 12.3. The van der Waals surface area contributed by atoms with Crippen molar-refractivity contribution in [3.63, 3.8) is 0 Å². The SMILES string of the molecule is CN1[C@@H]2CC[C@H]1CN(C(=O)C(CCC(=O)O)NC(=O)OCC1c3ccccc3-c3ccccc31)C2. The summed E-state index contributed by atoms with van der Waals surface area (Å²) in [6, 6.07) is 15.9. The summed E-state index contributed by atoms with van der Waals surface area (Å²) < 4.78 is 5.61. The number of alkyl carbamates (subject to hydrolysis) is 1. The van der Waals surface area contributed by atoms with Crippen LogP contribution in [0.15, 0.2) is 48.5 Å². The van der Waals surface area contributed by atoms with E-state index in [1.54, 1.807) is 4.90 Å². The van der Waals surface area contributed by atoms with Crippen LogP contribution >= 0.6 is 0 Å².